The molecule has 2 N–H and O–H groups in total. The van der Waals surface area contributed by atoms with E-state index in [2.05, 4.69) is 56.3 Å². The monoisotopic (exact) mass is 712 g/mol. The average molecular weight is 714 g/mol. The number of amides is 2. The Bertz CT molecular complexity index is 1150. The van der Waals surface area contributed by atoms with E-state index in [1.165, 1.54) is 0 Å². The lowest BCUT2D eigenvalue weighted by Crippen LogP contribution is -2.52. The van der Waals surface area contributed by atoms with Crippen LogP contribution >= 0.6 is 31.9 Å². The lowest BCUT2D eigenvalue weighted by Gasteiger charge is -2.47. The number of hydrogen-bond donors (Lipinski definition) is 2. The van der Waals surface area contributed by atoms with E-state index in [0.29, 0.717) is 24.2 Å². The molecule has 2 aromatic carbocycles. The van der Waals surface area contributed by atoms with E-state index in [4.69, 9.17) is 23.7 Å². The van der Waals surface area contributed by atoms with Crippen LogP contribution in [0.4, 0.5) is 21.0 Å². The number of nitrogens with one attached hydrogen (secondary N) is 2. The largest absolute Gasteiger partial charge is 0.449 e. The summed E-state index contributed by atoms with van der Waals surface area (Å²) in [6, 6.07) is 14.6. The molecule has 0 bridgehead atoms. The van der Waals surface area contributed by atoms with E-state index in [1.807, 2.05) is 45.0 Å². The third-order valence-electron chi connectivity index (χ3n) is 7.36. The molecule has 3 rings (SSSR count). The van der Waals surface area contributed by atoms with Crippen LogP contribution < -0.4 is 10.6 Å². The van der Waals surface area contributed by atoms with Gasteiger partial charge in [-0.15, -0.1) is 0 Å². The molecule has 6 atom stereocenters. The molecule has 1 aliphatic rings. The van der Waals surface area contributed by atoms with E-state index in [1.54, 1.807) is 31.4 Å². The molecule has 0 aromatic heterocycles. The number of hydrogen-bond acceptors (Lipinski definition) is 7. The van der Waals surface area contributed by atoms with Crippen molar-refractivity contribution in [1.29, 1.82) is 0 Å². The minimum absolute atomic E-state index is 0.0671. The van der Waals surface area contributed by atoms with Crippen molar-refractivity contribution in [1.82, 2.24) is 0 Å². The van der Waals surface area contributed by atoms with Crippen LogP contribution in [0.15, 0.2) is 57.5 Å². The van der Waals surface area contributed by atoms with Crippen LogP contribution in [-0.4, -0.2) is 56.1 Å². The molecule has 2 aromatic rings. The van der Waals surface area contributed by atoms with Gasteiger partial charge < -0.3 is 23.7 Å². The Morgan fingerprint density at radius 2 is 1.45 bits per heavy atom. The van der Waals surface area contributed by atoms with Gasteiger partial charge in [0.25, 0.3) is 0 Å². The van der Waals surface area contributed by atoms with Crippen molar-refractivity contribution in [3.8, 4) is 0 Å². The zero-order valence-corrected chi connectivity index (χ0v) is 28.2. The highest BCUT2D eigenvalue weighted by Gasteiger charge is 2.43. The Hall–Kier alpha value is -2.18. The summed E-state index contributed by atoms with van der Waals surface area (Å²) < 4.78 is 31.2. The van der Waals surface area contributed by atoms with Gasteiger partial charge in [0.2, 0.25) is 0 Å². The molecule has 0 spiro atoms. The molecule has 42 heavy (non-hydrogen) atoms. The van der Waals surface area contributed by atoms with Gasteiger partial charge in [-0.05, 0) is 88.1 Å². The Morgan fingerprint density at radius 3 is 2.00 bits per heavy atom. The van der Waals surface area contributed by atoms with Crippen molar-refractivity contribution in [3.63, 3.8) is 0 Å². The minimum atomic E-state index is -0.780. The summed E-state index contributed by atoms with van der Waals surface area (Å²) in [4.78, 5) is 24.7. The van der Waals surface area contributed by atoms with Gasteiger partial charge in [-0.25, -0.2) is 9.59 Å². The standard InChI is InChI=1S/C31H42Br2N2O7/c1-19(7-16-27(38-6)21(3)40-30(37)35-25-14-10-23(33)11-15-25)28-20(2)26(41-31(4,5)42-28)17-18-39-29(36)34-24-12-8-22(32)9-13-24/h8-15,19-21,26-28H,7,16-18H2,1-6H3,(H,34,36)(H,35,37)/t19-,20-,21-,26-,27+,28-/m1/s1. The van der Waals surface area contributed by atoms with Crippen LogP contribution in [0.2, 0.25) is 0 Å². The second-order valence-electron chi connectivity index (χ2n) is 11.1. The number of halogens is 2. The predicted octanol–water partition coefficient (Wildman–Crippen LogP) is 8.37. The van der Waals surface area contributed by atoms with Crippen molar-refractivity contribution in [2.24, 2.45) is 11.8 Å². The number of ether oxygens (including phenoxy) is 5. The van der Waals surface area contributed by atoms with Gasteiger partial charge in [-0.2, -0.15) is 0 Å². The number of carbonyl (C=O) groups is 2. The van der Waals surface area contributed by atoms with Crippen molar-refractivity contribution < 1.29 is 33.3 Å². The number of anilines is 2. The summed E-state index contributed by atoms with van der Waals surface area (Å²) in [5, 5.41) is 5.48. The van der Waals surface area contributed by atoms with Gasteiger partial charge in [0.1, 0.15) is 6.10 Å². The first-order chi connectivity index (χ1) is 19.9. The smallest absolute Gasteiger partial charge is 0.411 e. The highest BCUT2D eigenvalue weighted by molar-refractivity contribution is 9.10. The van der Waals surface area contributed by atoms with Crippen LogP contribution in [-0.2, 0) is 23.7 Å². The summed E-state index contributed by atoms with van der Waals surface area (Å²) >= 11 is 6.76. The molecular weight excluding hydrogens is 672 g/mol. The summed E-state index contributed by atoms with van der Waals surface area (Å²) in [5.41, 5.74) is 1.31. The summed E-state index contributed by atoms with van der Waals surface area (Å²) in [6.45, 7) is 10.1. The number of methoxy groups -OCH3 is 1. The van der Waals surface area contributed by atoms with Crippen LogP contribution in [0.1, 0.15) is 53.9 Å². The second kappa shape index (κ2) is 16.0. The van der Waals surface area contributed by atoms with Gasteiger partial charge in [-0.1, -0.05) is 45.7 Å². The lowest BCUT2D eigenvalue weighted by atomic mass is 9.83. The third kappa shape index (κ3) is 10.8. The van der Waals surface area contributed by atoms with Crippen molar-refractivity contribution in [2.75, 3.05) is 24.4 Å². The maximum Gasteiger partial charge on any atom is 0.411 e. The minimum Gasteiger partial charge on any atom is -0.449 e. The lowest BCUT2D eigenvalue weighted by molar-refractivity contribution is -0.328. The fourth-order valence-corrected chi connectivity index (χ4v) is 5.65. The van der Waals surface area contributed by atoms with Crippen molar-refractivity contribution in [2.45, 2.75) is 84.1 Å². The van der Waals surface area contributed by atoms with E-state index in [-0.39, 0.29) is 36.8 Å². The molecule has 9 nitrogen and oxygen atoms in total. The quantitative estimate of drug-likeness (QED) is 0.228. The average Bonchev–Trinajstić information content (AvgIpc) is 2.93. The van der Waals surface area contributed by atoms with Crippen molar-refractivity contribution in [3.05, 3.63) is 57.5 Å². The van der Waals surface area contributed by atoms with Crippen LogP contribution in [0.25, 0.3) is 0 Å². The first kappa shape index (κ1) is 34.3. The second-order valence-corrected chi connectivity index (χ2v) is 13.0. The van der Waals surface area contributed by atoms with Crippen molar-refractivity contribution >= 4 is 55.4 Å². The SMILES string of the molecule is CO[C@@H](CC[C@@H](C)[C@H]1OC(C)(C)O[C@H](CCOC(=O)Nc2ccc(Br)cc2)[C@H]1C)[C@@H](C)OC(=O)Nc1ccc(Br)cc1. The number of carbonyl (C=O) groups excluding carboxylic acids is 2. The Kier molecular flexibility index (Phi) is 13.1. The maximum absolute atomic E-state index is 12.4. The molecule has 11 heteroatoms. The van der Waals surface area contributed by atoms with Gasteiger partial charge in [-0.3, -0.25) is 10.6 Å². The first-order valence-corrected chi connectivity index (χ1v) is 15.8. The first-order valence-electron chi connectivity index (χ1n) is 14.2. The zero-order chi connectivity index (χ0) is 30.9. The van der Waals surface area contributed by atoms with E-state index in [9.17, 15) is 9.59 Å². The molecular formula is C31H42Br2N2O7. The molecule has 1 fully saturated rings. The predicted molar refractivity (Wildman–Crippen MR) is 170 cm³/mol. The Balaban J connectivity index is 1.48. The van der Waals surface area contributed by atoms with Gasteiger partial charge in [0.05, 0.1) is 24.9 Å². The third-order valence-corrected chi connectivity index (χ3v) is 8.42. The Labute approximate surface area is 265 Å². The van der Waals surface area contributed by atoms with E-state index < -0.39 is 24.1 Å². The van der Waals surface area contributed by atoms with E-state index in [0.717, 1.165) is 15.4 Å². The topological polar surface area (TPSA) is 104 Å². The van der Waals surface area contributed by atoms with Gasteiger partial charge >= 0.3 is 12.2 Å². The van der Waals surface area contributed by atoms with Crippen LogP contribution in [0.3, 0.4) is 0 Å². The molecule has 1 aliphatic heterocycles. The number of benzene rings is 2. The molecule has 1 heterocycles. The molecule has 0 aliphatic carbocycles. The molecule has 2 amide bonds. The highest BCUT2D eigenvalue weighted by Crippen LogP contribution is 2.37. The molecule has 232 valence electrons. The Morgan fingerprint density at radius 1 is 0.905 bits per heavy atom. The van der Waals surface area contributed by atoms with Crippen LogP contribution in [0, 0.1) is 11.8 Å². The molecule has 0 unspecified atom stereocenters. The maximum atomic E-state index is 12.4. The zero-order valence-electron chi connectivity index (χ0n) is 25.0. The summed E-state index contributed by atoms with van der Waals surface area (Å²) in [6.07, 6.45) is 0.0355. The van der Waals surface area contributed by atoms with E-state index >= 15 is 0 Å². The number of rotatable bonds is 12. The molecule has 0 radical (unpaired) electrons. The molecule has 0 saturated carbocycles. The fourth-order valence-electron chi connectivity index (χ4n) is 5.12. The van der Waals surface area contributed by atoms with Gasteiger partial charge in [0, 0.05) is 39.8 Å². The normalized spacial score (nSPS) is 22.0. The molecule has 1 saturated heterocycles. The summed E-state index contributed by atoms with van der Waals surface area (Å²) in [7, 11) is 1.63. The van der Waals surface area contributed by atoms with Gasteiger partial charge in [0.15, 0.2) is 5.79 Å². The van der Waals surface area contributed by atoms with Crippen LogP contribution in [0.5, 0.6) is 0 Å². The summed E-state index contributed by atoms with van der Waals surface area (Å²) in [5.74, 6) is -0.538. The fraction of sp³-hybridized carbons (Fsp3) is 0.548. The highest BCUT2D eigenvalue weighted by atomic mass is 79.9.